The highest BCUT2D eigenvalue weighted by atomic mass is 16.6. The summed E-state index contributed by atoms with van der Waals surface area (Å²) in [5.74, 6) is 0.426. The Balaban J connectivity index is 1.85. The average molecular weight is 348 g/mol. The highest BCUT2D eigenvalue weighted by Gasteiger charge is 2.13. The Bertz CT molecular complexity index is 1030. The molecule has 1 atom stereocenters. The van der Waals surface area contributed by atoms with Crippen LogP contribution < -0.4 is 5.32 Å². The lowest BCUT2D eigenvalue weighted by Crippen LogP contribution is -2.13. The van der Waals surface area contributed by atoms with Gasteiger partial charge in [-0.15, -0.1) is 0 Å². The number of aromatic nitrogens is 1. The maximum absolute atomic E-state index is 10.9. The quantitative estimate of drug-likeness (QED) is 0.539. The van der Waals surface area contributed by atoms with Crippen LogP contribution in [0.3, 0.4) is 0 Å². The van der Waals surface area contributed by atoms with Crippen molar-refractivity contribution in [2.75, 3.05) is 11.9 Å². The zero-order chi connectivity index (χ0) is 18.7. The van der Waals surface area contributed by atoms with E-state index in [1.807, 2.05) is 37.3 Å². The highest BCUT2D eigenvalue weighted by Crippen LogP contribution is 2.25. The summed E-state index contributed by atoms with van der Waals surface area (Å²) in [7, 11) is 0. The first-order chi connectivity index (χ1) is 12.5. The molecule has 0 spiro atoms. The van der Waals surface area contributed by atoms with Gasteiger partial charge in [-0.05, 0) is 24.6 Å². The zero-order valence-electron chi connectivity index (χ0n) is 14.0. The van der Waals surface area contributed by atoms with Crippen molar-refractivity contribution in [3.63, 3.8) is 0 Å². The van der Waals surface area contributed by atoms with Crippen molar-refractivity contribution in [2.45, 2.75) is 13.0 Å². The second-order valence-electron chi connectivity index (χ2n) is 5.94. The largest absolute Gasteiger partial charge is 0.387 e. The number of aliphatic hydroxyl groups is 1. The van der Waals surface area contributed by atoms with Crippen molar-refractivity contribution < 1.29 is 10.0 Å². The number of anilines is 1. The van der Waals surface area contributed by atoms with E-state index in [1.54, 1.807) is 0 Å². The minimum atomic E-state index is -0.727. The molecular weight excluding hydrogens is 332 g/mol. The summed E-state index contributed by atoms with van der Waals surface area (Å²) in [6.45, 7) is 2.17. The number of nitrogens with zero attached hydrogens (tertiary/aromatic N) is 3. The number of nitro benzene ring substituents is 1. The first-order valence-electron chi connectivity index (χ1n) is 7.96. The van der Waals surface area contributed by atoms with E-state index in [-0.39, 0.29) is 17.8 Å². The average Bonchev–Trinajstić information content (AvgIpc) is 2.64. The summed E-state index contributed by atoms with van der Waals surface area (Å²) in [5.41, 5.74) is 2.51. The molecule has 0 radical (unpaired) electrons. The molecule has 0 amide bonds. The molecule has 2 aromatic carbocycles. The normalized spacial score (nSPS) is 11.7. The number of aryl methyl sites for hydroxylation is 1. The standard InChI is InChI=1S/C19H16N4O3/c1-12-3-2-4-13(7-12)18(24)11-21-19-8-14(10-20)16-9-15(23(25)26)5-6-17(16)22-19/h2-9,18,24H,11H2,1H3,(H,21,22). The number of nitrogens with one attached hydrogen (secondary N) is 1. The van der Waals surface area contributed by atoms with Crippen LogP contribution in [-0.2, 0) is 0 Å². The fourth-order valence-corrected chi connectivity index (χ4v) is 2.71. The minimum absolute atomic E-state index is 0.0913. The number of nitro groups is 1. The van der Waals surface area contributed by atoms with Crippen molar-refractivity contribution >= 4 is 22.4 Å². The Kier molecular flexibility index (Phi) is 4.78. The smallest absolute Gasteiger partial charge is 0.270 e. The van der Waals surface area contributed by atoms with Crippen LogP contribution in [0.4, 0.5) is 11.5 Å². The van der Waals surface area contributed by atoms with E-state index >= 15 is 0 Å². The second-order valence-corrected chi connectivity index (χ2v) is 5.94. The second kappa shape index (κ2) is 7.17. The fraction of sp³-hybridized carbons (Fsp3) is 0.158. The van der Waals surface area contributed by atoms with Gasteiger partial charge in [0.05, 0.1) is 28.2 Å². The summed E-state index contributed by atoms with van der Waals surface area (Å²) in [4.78, 5) is 14.8. The molecule has 1 unspecified atom stereocenters. The molecule has 0 aliphatic rings. The van der Waals surface area contributed by atoms with Crippen LogP contribution in [0, 0.1) is 28.4 Å². The van der Waals surface area contributed by atoms with Gasteiger partial charge in [-0.1, -0.05) is 29.8 Å². The topological polar surface area (TPSA) is 112 Å². The van der Waals surface area contributed by atoms with Crippen LogP contribution >= 0.6 is 0 Å². The van der Waals surface area contributed by atoms with Crippen LogP contribution in [0.1, 0.15) is 22.8 Å². The molecular formula is C19H16N4O3. The lowest BCUT2D eigenvalue weighted by atomic mass is 10.1. The van der Waals surface area contributed by atoms with Gasteiger partial charge in [-0.25, -0.2) is 4.98 Å². The molecule has 3 aromatic rings. The van der Waals surface area contributed by atoms with E-state index in [4.69, 9.17) is 0 Å². The molecule has 7 nitrogen and oxygen atoms in total. The molecule has 1 aromatic heterocycles. The predicted molar refractivity (Wildman–Crippen MR) is 97.7 cm³/mol. The number of benzene rings is 2. The molecule has 2 N–H and O–H groups in total. The molecule has 0 saturated carbocycles. The Morgan fingerprint density at radius 2 is 2.12 bits per heavy atom. The number of hydrogen-bond donors (Lipinski definition) is 2. The van der Waals surface area contributed by atoms with Gasteiger partial charge in [-0.2, -0.15) is 5.26 Å². The van der Waals surface area contributed by atoms with E-state index in [0.717, 1.165) is 11.1 Å². The molecule has 130 valence electrons. The summed E-state index contributed by atoms with van der Waals surface area (Å²) in [5, 5.41) is 34.0. The summed E-state index contributed by atoms with van der Waals surface area (Å²) in [6.07, 6.45) is -0.727. The molecule has 26 heavy (non-hydrogen) atoms. The van der Waals surface area contributed by atoms with Gasteiger partial charge in [0.25, 0.3) is 5.69 Å². The molecule has 0 saturated heterocycles. The van der Waals surface area contributed by atoms with Crippen LogP contribution in [-0.4, -0.2) is 21.6 Å². The van der Waals surface area contributed by atoms with Crippen molar-refractivity contribution in [3.8, 4) is 6.07 Å². The SMILES string of the molecule is Cc1cccc(C(O)CNc2cc(C#N)c3cc([N+](=O)[O-])ccc3n2)c1. The number of non-ortho nitro benzene ring substituents is 1. The first-order valence-corrected chi connectivity index (χ1v) is 7.96. The molecule has 0 aliphatic heterocycles. The van der Waals surface area contributed by atoms with E-state index in [1.165, 1.54) is 24.3 Å². The molecule has 0 aliphatic carbocycles. The summed E-state index contributed by atoms with van der Waals surface area (Å²) >= 11 is 0. The number of aliphatic hydroxyl groups excluding tert-OH is 1. The molecule has 1 heterocycles. The number of nitriles is 1. The third-order valence-corrected chi connectivity index (χ3v) is 4.03. The monoisotopic (exact) mass is 348 g/mol. The summed E-state index contributed by atoms with van der Waals surface area (Å²) < 4.78 is 0. The Labute approximate surface area is 149 Å². The fourth-order valence-electron chi connectivity index (χ4n) is 2.71. The summed E-state index contributed by atoms with van der Waals surface area (Å²) in [6, 6.07) is 15.3. The number of rotatable bonds is 5. The van der Waals surface area contributed by atoms with Gasteiger partial charge in [0.2, 0.25) is 0 Å². The predicted octanol–water partition coefficient (Wildman–Crippen LogP) is 3.47. The third-order valence-electron chi connectivity index (χ3n) is 4.03. The van der Waals surface area contributed by atoms with Gasteiger partial charge in [0, 0.05) is 24.1 Å². The lowest BCUT2D eigenvalue weighted by molar-refractivity contribution is -0.384. The molecule has 0 bridgehead atoms. The Hall–Kier alpha value is -3.50. The number of hydrogen-bond acceptors (Lipinski definition) is 6. The first kappa shape index (κ1) is 17.3. The molecule has 0 fully saturated rings. The van der Waals surface area contributed by atoms with Gasteiger partial charge in [-0.3, -0.25) is 10.1 Å². The van der Waals surface area contributed by atoms with E-state index in [9.17, 15) is 20.5 Å². The minimum Gasteiger partial charge on any atom is -0.387 e. The van der Waals surface area contributed by atoms with Gasteiger partial charge >= 0.3 is 0 Å². The van der Waals surface area contributed by atoms with Crippen molar-refractivity contribution in [1.82, 2.24) is 4.98 Å². The van der Waals surface area contributed by atoms with E-state index < -0.39 is 11.0 Å². The number of fused-ring (bicyclic) bond motifs is 1. The Morgan fingerprint density at radius 1 is 1.31 bits per heavy atom. The van der Waals surface area contributed by atoms with Gasteiger partial charge < -0.3 is 10.4 Å². The molecule has 7 heteroatoms. The van der Waals surface area contributed by atoms with E-state index in [0.29, 0.717) is 16.7 Å². The number of pyridine rings is 1. The van der Waals surface area contributed by atoms with Crippen LogP contribution in [0.5, 0.6) is 0 Å². The maximum Gasteiger partial charge on any atom is 0.270 e. The van der Waals surface area contributed by atoms with Gasteiger partial charge in [0.1, 0.15) is 5.82 Å². The Morgan fingerprint density at radius 3 is 2.81 bits per heavy atom. The highest BCUT2D eigenvalue weighted by molar-refractivity contribution is 5.88. The third kappa shape index (κ3) is 3.61. The van der Waals surface area contributed by atoms with Crippen LogP contribution in [0.25, 0.3) is 10.9 Å². The maximum atomic E-state index is 10.9. The lowest BCUT2D eigenvalue weighted by Gasteiger charge is -2.14. The van der Waals surface area contributed by atoms with Gasteiger partial charge in [0.15, 0.2) is 0 Å². The van der Waals surface area contributed by atoms with Crippen LogP contribution in [0.15, 0.2) is 48.5 Å². The molecule has 3 rings (SSSR count). The van der Waals surface area contributed by atoms with E-state index in [2.05, 4.69) is 10.3 Å². The van der Waals surface area contributed by atoms with Crippen molar-refractivity contribution in [2.24, 2.45) is 0 Å². The van der Waals surface area contributed by atoms with Crippen LogP contribution in [0.2, 0.25) is 0 Å². The van der Waals surface area contributed by atoms with Crippen molar-refractivity contribution in [1.29, 1.82) is 5.26 Å². The zero-order valence-corrected chi connectivity index (χ0v) is 14.0. The van der Waals surface area contributed by atoms with Crippen molar-refractivity contribution in [3.05, 3.63) is 75.3 Å².